The number of nitrogens with zero attached hydrogens (tertiary/aromatic N) is 3. The average Bonchev–Trinajstić information content (AvgIpc) is 2.71. The Kier molecular flexibility index (Phi) is 3.74. The fourth-order valence-corrected chi connectivity index (χ4v) is 2.03. The Hall–Kier alpha value is -1.42. The molecule has 1 heterocycles. The van der Waals surface area contributed by atoms with E-state index in [-0.39, 0.29) is 11.7 Å². The first kappa shape index (κ1) is 12.0. The Morgan fingerprint density at radius 3 is 2.88 bits per heavy atom. The van der Waals surface area contributed by atoms with Crippen molar-refractivity contribution in [3.8, 4) is 0 Å². The van der Waals surface area contributed by atoms with Gasteiger partial charge in [-0.1, -0.05) is 12.1 Å². The van der Waals surface area contributed by atoms with Crippen LogP contribution in [0, 0.1) is 5.82 Å². The number of rotatable bonds is 4. The van der Waals surface area contributed by atoms with Gasteiger partial charge in [-0.05, 0) is 17.7 Å². The molecule has 0 saturated carbocycles. The van der Waals surface area contributed by atoms with Crippen molar-refractivity contribution in [1.82, 2.24) is 14.8 Å². The van der Waals surface area contributed by atoms with Crippen molar-refractivity contribution in [3.05, 3.63) is 47.8 Å². The van der Waals surface area contributed by atoms with Gasteiger partial charge in [-0.15, -0.1) is 11.6 Å². The summed E-state index contributed by atoms with van der Waals surface area (Å²) in [7, 11) is 1.83. The van der Waals surface area contributed by atoms with Gasteiger partial charge in [0.1, 0.15) is 18.0 Å². The maximum absolute atomic E-state index is 13.1. The smallest absolute Gasteiger partial charge is 0.138 e. The van der Waals surface area contributed by atoms with Crippen LogP contribution in [0.5, 0.6) is 0 Å². The van der Waals surface area contributed by atoms with Crippen LogP contribution in [-0.4, -0.2) is 20.6 Å². The normalized spacial score (nSPS) is 12.6. The van der Waals surface area contributed by atoms with Crippen LogP contribution < -0.4 is 0 Å². The highest BCUT2D eigenvalue weighted by atomic mass is 35.5. The molecule has 0 radical (unpaired) electrons. The highest BCUT2D eigenvalue weighted by Crippen LogP contribution is 2.22. The summed E-state index contributed by atoms with van der Waals surface area (Å²) in [6.07, 6.45) is 2.16. The van der Waals surface area contributed by atoms with Crippen molar-refractivity contribution < 1.29 is 4.39 Å². The first-order valence-corrected chi connectivity index (χ1v) is 5.88. The van der Waals surface area contributed by atoms with Crippen LogP contribution in [0.25, 0.3) is 0 Å². The SMILES string of the molecule is Cn1ncnc1CC(CCl)c1cccc(F)c1. The zero-order valence-corrected chi connectivity index (χ0v) is 10.2. The molecule has 90 valence electrons. The number of benzene rings is 1. The molecule has 0 bridgehead atoms. The number of halogens is 2. The summed E-state index contributed by atoms with van der Waals surface area (Å²) in [5, 5.41) is 4.00. The second-order valence-corrected chi connectivity index (χ2v) is 4.22. The van der Waals surface area contributed by atoms with E-state index in [0.29, 0.717) is 12.3 Å². The molecule has 0 fully saturated rings. The van der Waals surface area contributed by atoms with E-state index in [0.717, 1.165) is 11.4 Å². The second kappa shape index (κ2) is 5.27. The topological polar surface area (TPSA) is 30.7 Å². The lowest BCUT2D eigenvalue weighted by atomic mass is 9.97. The largest absolute Gasteiger partial charge is 0.253 e. The molecule has 2 rings (SSSR count). The lowest BCUT2D eigenvalue weighted by Gasteiger charge is -2.13. The average molecular weight is 254 g/mol. The predicted octanol–water partition coefficient (Wildman–Crippen LogP) is 2.52. The molecule has 0 amide bonds. The predicted molar refractivity (Wildman–Crippen MR) is 64.6 cm³/mol. The molecule has 0 saturated heterocycles. The van der Waals surface area contributed by atoms with Crippen molar-refractivity contribution >= 4 is 11.6 Å². The van der Waals surface area contributed by atoms with Gasteiger partial charge in [-0.25, -0.2) is 9.37 Å². The van der Waals surface area contributed by atoms with E-state index < -0.39 is 0 Å². The van der Waals surface area contributed by atoms with Crippen LogP contribution in [0.3, 0.4) is 0 Å². The van der Waals surface area contributed by atoms with Gasteiger partial charge in [0.05, 0.1) is 0 Å². The van der Waals surface area contributed by atoms with Crippen molar-refractivity contribution in [1.29, 1.82) is 0 Å². The Morgan fingerprint density at radius 2 is 2.29 bits per heavy atom. The van der Waals surface area contributed by atoms with Crippen LogP contribution in [0.15, 0.2) is 30.6 Å². The summed E-state index contributed by atoms with van der Waals surface area (Å²) in [6.45, 7) is 0. The van der Waals surface area contributed by atoms with E-state index >= 15 is 0 Å². The van der Waals surface area contributed by atoms with Crippen molar-refractivity contribution in [2.24, 2.45) is 7.05 Å². The van der Waals surface area contributed by atoms with Crippen LogP contribution in [0.4, 0.5) is 4.39 Å². The van der Waals surface area contributed by atoms with Gasteiger partial charge in [0.25, 0.3) is 0 Å². The molecule has 17 heavy (non-hydrogen) atoms. The molecule has 2 aromatic rings. The quantitative estimate of drug-likeness (QED) is 0.784. The van der Waals surface area contributed by atoms with Gasteiger partial charge < -0.3 is 0 Å². The van der Waals surface area contributed by atoms with E-state index in [9.17, 15) is 4.39 Å². The maximum atomic E-state index is 13.1. The van der Waals surface area contributed by atoms with Crippen molar-refractivity contribution in [3.63, 3.8) is 0 Å². The molecule has 1 aromatic heterocycles. The zero-order valence-electron chi connectivity index (χ0n) is 9.48. The summed E-state index contributed by atoms with van der Waals surface area (Å²) in [5.74, 6) is 1.09. The minimum atomic E-state index is -0.240. The minimum Gasteiger partial charge on any atom is -0.253 e. The minimum absolute atomic E-state index is 0.0512. The van der Waals surface area contributed by atoms with Crippen molar-refractivity contribution in [2.45, 2.75) is 12.3 Å². The van der Waals surface area contributed by atoms with Gasteiger partial charge in [0, 0.05) is 25.3 Å². The van der Waals surface area contributed by atoms with Crippen LogP contribution in [-0.2, 0) is 13.5 Å². The zero-order chi connectivity index (χ0) is 12.3. The molecule has 0 aliphatic rings. The Morgan fingerprint density at radius 1 is 1.47 bits per heavy atom. The second-order valence-electron chi connectivity index (χ2n) is 3.91. The number of hydrogen-bond acceptors (Lipinski definition) is 2. The van der Waals surface area contributed by atoms with Gasteiger partial charge in [-0.3, -0.25) is 4.68 Å². The van der Waals surface area contributed by atoms with Gasteiger partial charge in [-0.2, -0.15) is 5.10 Å². The van der Waals surface area contributed by atoms with Gasteiger partial charge in [0.15, 0.2) is 0 Å². The van der Waals surface area contributed by atoms with E-state index in [4.69, 9.17) is 11.6 Å². The third-order valence-corrected chi connectivity index (χ3v) is 3.11. The highest BCUT2D eigenvalue weighted by molar-refractivity contribution is 6.18. The molecule has 1 aromatic carbocycles. The lowest BCUT2D eigenvalue weighted by Crippen LogP contribution is -2.09. The monoisotopic (exact) mass is 253 g/mol. The maximum Gasteiger partial charge on any atom is 0.138 e. The summed E-state index contributed by atoms with van der Waals surface area (Å²) in [5.41, 5.74) is 0.892. The molecule has 0 N–H and O–H groups in total. The van der Waals surface area contributed by atoms with Crippen molar-refractivity contribution in [2.75, 3.05) is 5.88 Å². The van der Waals surface area contributed by atoms with Gasteiger partial charge >= 0.3 is 0 Å². The number of aromatic nitrogens is 3. The van der Waals surface area contributed by atoms with E-state index in [1.807, 2.05) is 13.1 Å². The summed E-state index contributed by atoms with van der Waals surface area (Å²) in [4.78, 5) is 4.15. The molecular weight excluding hydrogens is 241 g/mol. The highest BCUT2D eigenvalue weighted by Gasteiger charge is 2.14. The molecule has 0 aliphatic carbocycles. The Labute approximate surface area is 104 Å². The first-order valence-electron chi connectivity index (χ1n) is 5.35. The molecule has 3 nitrogen and oxygen atoms in total. The standard InChI is InChI=1S/C12H13ClFN3/c1-17-12(15-8-16-17)6-10(7-13)9-3-2-4-11(14)5-9/h2-5,8,10H,6-7H2,1H3. The molecule has 0 aliphatic heterocycles. The first-order chi connectivity index (χ1) is 8.20. The number of aryl methyl sites for hydroxylation is 1. The van der Waals surface area contributed by atoms with Crippen LogP contribution in [0.2, 0.25) is 0 Å². The Balaban J connectivity index is 2.20. The molecule has 0 spiro atoms. The third kappa shape index (κ3) is 2.82. The summed E-state index contributed by atoms with van der Waals surface area (Å²) < 4.78 is 14.9. The summed E-state index contributed by atoms with van der Waals surface area (Å²) >= 11 is 5.94. The number of alkyl halides is 1. The van der Waals surface area contributed by atoms with Crippen LogP contribution in [0.1, 0.15) is 17.3 Å². The van der Waals surface area contributed by atoms with E-state index in [1.165, 1.54) is 18.5 Å². The fourth-order valence-electron chi connectivity index (χ4n) is 1.75. The third-order valence-electron chi connectivity index (χ3n) is 2.74. The lowest BCUT2D eigenvalue weighted by molar-refractivity contribution is 0.614. The summed E-state index contributed by atoms with van der Waals surface area (Å²) in [6, 6.07) is 6.52. The molecule has 5 heteroatoms. The molecular formula is C12H13ClFN3. The van der Waals surface area contributed by atoms with E-state index in [2.05, 4.69) is 10.1 Å². The molecule has 1 unspecified atom stereocenters. The fraction of sp³-hybridized carbons (Fsp3) is 0.333. The van der Waals surface area contributed by atoms with Crippen LogP contribution >= 0.6 is 11.6 Å². The Bertz CT molecular complexity index is 498. The number of hydrogen-bond donors (Lipinski definition) is 0. The molecule has 1 atom stereocenters. The van der Waals surface area contributed by atoms with Gasteiger partial charge in [0.2, 0.25) is 0 Å². The van der Waals surface area contributed by atoms with E-state index in [1.54, 1.807) is 10.7 Å².